The standard InChI is InChI=1S/C14H24N2O5/c1-20-7-4-13(2-3-13)10-15-12(19)16-14(11(17)18)5-8-21-9-6-14/h2-10H2,1H3,(H,17,18)(H2,15,16,19). The predicted molar refractivity (Wildman–Crippen MR) is 75.1 cm³/mol. The molecule has 2 rings (SSSR count). The van der Waals surface area contributed by atoms with Crippen molar-refractivity contribution in [1.29, 1.82) is 0 Å². The Morgan fingerprint density at radius 3 is 2.43 bits per heavy atom. The summed E-state index contributed by atoms with van der Waals surface area (Å²) in [7, 11) is 1.66. The summed E-state index contributed by atoms with van der Waals surface area (Å²) < 4.78 is 10.2. The van der Waals surface area contributed by atoms with Crippen molar-refractivity contribution >= 4 is 12.0 Å². The lowest BCUT2D eigenvalue weighted by Crippen LogP contribution is -2.60. The van der Waals surface area contributed by atoms with E-state index in [-0.39, 0.29) is 5.41 Å². The van der Waals surface area contributed by atoms with Gasteiger partial charge in [-0.05, 0) is 24.7 Å². The van der Waals surface area contributed by atoms with Gasteiger partial charge in [-0.1, -0.05) is 0 Å². The molecule has 7 nitrogen and oxygen atoms in total. The molecular weight excluding hydrogens is 276 g/mol. The fourth-order valence-electron chi connectivity index (χ4n) is 2.65. The average molecular weight is 300 g/mol. The summed E-state index contributed by atoms with van der Waals surface area (Å²) >= 11 is 0. The second kappa shape index (κ2) is 6.62. The largest absolute Gasteiger partial charge is 0.480 e. The molecule has 0 atom stereocenters. The molecule has 1 saturated carbocycles. The van der Waals surface area contributed by atoms with E-state index in [4.69, 9.17) is 9.47 Å². The third-order valence-electron chi connectivity index (χ3n) is 4.53. The lowest BCUT2D eigenvalue weighted by Gasteiger charge is -2.34. The van der Waals surface area contributed by atoms with Gasteiger partial charge in [-0.25, -0.2) is 9.59 Å². The predicted octanol–water partition coefficient (Wildman–Crippen LogP) is 0.736. The summed E-state index contributed by atoms with van der Waals surface area (Å²) in [5.41, 5.74) is -1.06. The number of carbonyl (C=O) groups excluding carboxylic acids is 1. The zero-order chi connectivity index (χ0) is 15.3. The van der Waals surface area contributed by atoms with Gasteiger partial charge in [-0.2, -0.15) is 0 Å². The van der Waals surface area contributed by atoms with E-state index in [9.17, 15) is 14.7 Å². The van der Waals surface area contributed by atoms with E-state index in [2.05, 4.69) is 10.6 Å². The minimum Gasteiger partial charge on any atom is -0.480 e. The molecule has 0 unspecified atom stereocenters. The molecule has 3 N–H and O–H groups in total. The maximum Gasteiger partial charge on any atom is 0.329 e. The van der Waals surface area contributed by atoms with Crippen LogP contribution in [-0.4, -0.2) is 56.1 Å². The van der Waals surface area contributed by atoms with Crippen LogP contribution in [0.5, 0.6) is 0 Å². The molecule has 0 radical (unpaired) electrons. The van der Waals surface area contributed by atoms with Gasteiger partial charge in [0.05, 0.1) is 0 Å². The lowest BCUT2D eigenvalue weighted by atomic mass is 9.90. The van der Waals surface area contributed by atoms with Crippen molar-refractivity contribution in [1.82, 2.24) is 10.6 Å². The molecule has 2 fully saturated rings. The van der Waals surface area contributed by atoms with E-state index in [0.717, 1.165) is 19.3 Å². The quantitative estimate of drug-likeness (QED) is 0.644. The van der Waals surface area contributed by atoms with Crippen molar-refractivity contribution < 1.29 is 24.2 Å². The lowest BCUT2D eigenvalue weighted by molar-refractivity contribution is -0.148. The number of hydrogen-bond donors (Lipinski definition) is 3. The Bertz CT molecular complexity index is 389. The second-order valence-electron chi connectivity index (χ2n) is 6.05. The highest BCUT2D eigenvalue weighted by atomic mass is 16.5. The average Bonchev–Trinajstić information content (AvgIpc) is 3.24. The SMILES string of the molecule is COCCC1(CNC(=O)NC2(C(=O)O)CCOCC2)CC1. The monoisotopic (exact) mass is 300 g/mol. The van der Waals surface area contributed by atoms with Crippen LogP contribution >= 0.6 is 0 Å². The topological polar surface area (TPSA) is 96.9 Å². The molecule has 2 amide bonds. The first-order valence-corrected chi connectivity index (χ1v) is 7.38. The highest BCUT2D eigenvalue weighted by molar-refractivity contribution is 5.86. The molecular formula is C14H24N2O5. The Morgan fingerprint density at radius 1 is 1.24 bits per heavy atom. The number of aliphatic carboxylic acids is 1. The maximum absolute atomic E-state index is 12.0. The highest BCUT2D eigenvalue weighted by Crippen LogP contribution is 2.48. The number of carboxylic acid groups (broad SMARTS) is 1. The number of hydrogen-bond acceptors (Lipinski definition) is 4. The Hall–Kier alpha value is -1.34. The molecule has 2 aliphatic rings. The third kappa shape index (κ3) is 4.07. The van der Waals surface area contributed by atoms with Crippen molar-refractivity contribution in [3.8, 4) is 0 Å². The minimum absolute atomic E-state index is 0.138. The highest BCUT2D eigenvalue weighted by Gasteiger charge is 2.44. The summed E-state index contributed by atoms with van der Waals surface area (Å²) in [6, 6.07) is -0.414. The van der Waals surface area contributed by atoms with Gasteiger partial charge in [0.15, 0.2) is 0 Å². The summed E-state index contributed by atoms with van der Waals surface area (Å²) in [6.45, 7) is 1.95. The number of carbonyl (C=O) groups is 2. The Kier molecular flexibility index (Phi) is 5.05. The number of nitrogens with one attached hydrogen (secondary N) is 2. The normalized spacial score (nSPS) is 22.3. The van der Waals surface area contributed by atoms with Gasteiger partial charge in [-0.15, -0.1) is 0 Å². The van der Waals surface area contributed by atoms with Gasteiger partial charge >= 0.3 is 12.0 Å². The molecule has 0 spiro atoms. The molecule has 1 saturated heterocycles. The van der Waals surface area contributed by atoms with Crippen LogP contribution in [-0.2, 0) is 14.3 Å². The third-order valence-corrected chi connectivity index (χ3v) is 4.53. The zero-order valence-electron chi connectivity index (χ0n) is 12.4. The van der Waals surface area contributed by atoms with Crippen LogP contribution in [0, 0.1) is 5.41 Å². The molecule has 1 aliphatic carbocycles. The van der Waals surface area contributed by atoms with Crippen molar-refractivity contribution in [2.75, 3.05) is 33.5 Å². The number of methoxy groups -OCH3 is 1. The summed E-state index contributed by atoms with van der Waals surface area (Å²) in [4.78, 5) is 23.5. The van der Waals surface area contributed by atoms with Crippen LogP contribution in [0.3, 0.4) is 0 Å². The van der Waals surface area contributed by atoms with Crippen molar-refractivity contribution in [3.05, 3.63) is 0 Å². The minimum atomic E-state index is -1.20. The smallest absolute Gasteiger partial charge is 0.329 e. The summed E-state index contributed by atoms with van der Waals surface area (Å²) in [5, 5.41) is 14.8. The van der Waals surface area contributed by atoms with Gasteiger partial charge in [0.25, 0.3) is 0 Å². The van der Waals surface area contributed by atoms with Crippen LogP contribution in [0.2, 0.25) is 0 Å². The number of rotatable bonds is 7. The van der Waals surface area contributed by atoms with Crippen molar-refractivity contribution in [2.45, 2.75) is 37.6 Å². The maximum atomic E-state index is 12.0. The van der Waals surface area contributed by atoms with Crippen LogP contribution in [0.25, 0.3) is 0 Å². The van der Waals surface area contributed by atoms with Crippen LogP contribution in [0.15, 0.2) is 0 Å². The zero-order valence-corrected chi connectivity index (χ0v) is 12.4. The van der Waals surface area contributed by atoms with Gasteiger partial charge < -0.3 is 25.2 Å². The van der Waals surface area contributed by atoms with Gasteiger partial charge in [0, 0.05) is 46.3 Å². The molecule has 0 aromatic heterocycles. The van der Waals surface area contributed by atoms with Crippen LogP contribution < -0.4 is 10.6 Å². The van der Waals surface area contributed by atoms with E-state index in [1.807, 2.05) is 0 Å². The van der Waals surface area contributed by atoms with E-state index in [1.165, 1.54) is 0 Å². The summed E-state index contributed by atoms with van der Waals surface area (Å²) in [6.07, 6.45) is 3.67. The second-order valence-corrected chi connectivity index (χ2v) is 6.05. The Morgan fingerprint density at radius 2 is 1.90 bits per heavy atom. The van der Waals surface area contributed by atoms with Crippen LogP contribution in [0.1, 0.15) is 32.1 Å². The van der Waals surface area contributed by atoms with E-state index >= 15 is 0 Å². The first kappa shape index (κ1) is 16.0. The molecule has 1 aliphatic heterocycles. The Labute approximate surface area is 124 Å². The number of urea groups is 1. The first-order valence-electron chi connectivity index (χ1n) is 7.38. The fraction of sp³-hybridized carbons (Fsp3) is 0.857. The van der Waals surface area contributed by atoms with Gasteiger partial charge in [0.1, 0.15) is 5.54 Å². The first-order chi connectivity index (χ1) is 10.0. The van der Waals surface area contributed by atoms with E-state index in [1.54, 1.807) is 7.11 Å². The van der Waals surface area contributed by atoms with Crippen molar-refractivity contribution in [2.24, 2.45) is 5.41 Å². The Balaban J connectivity index is 1.81. The molecule has 1 heterocycles. The van der Waals surface area contributed by atoms with Gasteiger partial charge in [0.2, 0.25) is 0 Å². The molecule has 120 valence electrons. The molecule has 0 aromatic carbocycles. The fourth-order valence-corrected chi connectivity index (χ4v) is 2.65. The number of amides is 2. The molecule has 0 bridgehead atoms. The summed E-state index contributed by atoms with van der Waals surface area (Å²) in [5.74, 6) is -0.999. The molecule has 21 heavy (non-hydrogen) atoms. The molecule has 7 heteroatoms. The number of ether oxygens (including phenoxy) is 2. The van der Waals surface area contributed by atoms with E-state index < -0.39 is 17.5 Å². The van der Waals surface area contributed by atoms with Gasteiger partial charge in [-0.3, -0.25) is 0 Å². The van der Waals surface area contributed by atoms with Crippen LogP contribution in [0.4, 0.5) is 4.79 Å². The van der Waals surface area contributed by atoms with E-state index in [0.29, 0.717) is 39.2 Å². The molecule has 0 aromatic rings. The van der Waals surface area contributed by atoms with Crippen molar-refractivity contribution in [3.63, 3.8) is 0 Å². The number of carboxylic acids is 1.